The SMILES string of the molecule is CC(=O)C(=O)Nc1nn(Cc2ccc(Cl)c(Cl)c2)cc1Br. The van der Waals surface area contributed by atoms with Crippen LogP contribution in [0.15, 0.2) is 28.9 Å². The van der Waals surface area contributed by atoms with Gasteiger partial charge in [-0.1, -0.05) is 29.3 Å². The van der Waals surface area contributed by atoms with Crippen molar-refractivity contribution >= 4 is 56.6 Å². The van der Waals surface area contributed by atoms with Crippen LogP contribution in [-0.4, -0.2) is 21.5 Å². The van der Waals surface area contributed by atoms with Gasteiger partial charge in [0.1, 0.15) is 0 Å². The number of rotatable bonds is 4. The molecule has 0 unspecified atom stereocenters. The molecule has 1 heterocycles. The second-order valence-electron chi connectivity index (χ2n) is 4.28. The summed E-state index contributed by atoms with van der Waals surface area (Å²) < 4.78 is 2.19. The van der Waals surface area contributed by atoms with Gasteiger partial charge in [0.2, 0.25) is 5.78 Å². The van der Waals surface area contributed by atoms with E-state index in [9.17, 15) is 9.59 Å². The zero-order valence-electron chi connectivity index (χ0n) is 10.9. The Morgan fingerprint density at radius 1 is 1.33 bits per heavy atom. The molecule has 1 aromatic carbocycles. The number of hydrogen-bond donors (Lipinski definition) is 1. The number of hydrogen-bond acceptors (Lipinski definition) is 3. The summed E-state index contributed by atoms with van der Waals surface area (Å²) in [6.07, 6.45) is 1.69. The van der Waals surface area contributed by atoms with Crippen molar-refractivity contribution in [3.8, 4) is 0 Å². The standard InChI is InChI=1S/C13H10BrCl2N3O2/c1-7(20)13(21)17-12-9(14)6-19(18-12)5-8-2-3-10(15)11(16)4-8/h2-4,6H,5H2,1H3,(H,17,18,21). The first-order valence-corrected chi connectivity index (χ1v) is 7.40. The van der Waals surface area contributed by atoms with E-state index in [1.54, 1.807) is 23.0 Å². The van der Waals surface area contributed by atoms with Gasteiger partial charge in [0.25, 0.3) is 5.91 Å². The number of halogens is 3. The van der Waals surface area contributed by atoms with Gasteiger partial charge in [0.05, 0.1) is 21.1 Å². The topological polar surface area (TPSA) is 64.0 Å². The Labute approximate surface area is 139 Å². The maximum absolute atomic E-state index is 11.4. The summed E-state index contributed by atoms with van der Waals surface area (Å²) in [7, 11) is 0. The highest BCUT2D eigenvalue weighted by molar-refractivity contribution is 9.10. The Kier molecular flexibility index (Phi) is 5.03. The minimum Gasteiger partial charge on any atom is -0.302 e. The Morgan fingerprint density at radius 3 is 2.67 bits per heavy atom. The fourth-order valence-electron chi connectivity index (χ4n) is 1.58. The summed E-state index contributed by atoms with van der Waals surface area (Å²) in [5.74, 6) is -1.01. The lowest BCUT2D eigenvalue weighted by Gasteiger charge is -2.03. The number of ketones is 1. The van der Waals surface area contributed by atoms with E-state index in [0.29, 0.717) is 21.1 Å². The number of nitrogens with one attached hydrogen (secondary N) is 1. The molecular weight excluding hydrogens is 381 g/mol. The number of nitrogens with zero attached hydrogens (tertiary/aromatic N) is 2. The second kappa shape index (κ2) is 6.60. The molecule has 1 N–H and O–H groups in total. The molecule has 2 rings (SSSR count). The van der Waals surface area contributed by atoms with E-state index >= 15 is 0 Å². The van der Waals surface area contributed by atoms with Crippen LogP contribution in [0.1, 0.15) is 12.5 Å². The molecular formula is C13H10BrCl2N3O2. The van der Waals surface area contributed by atoms with Crippen LogP contribution in [0, 0.1) is 0 Å². The Bertz CT molecular complexity index is 715. The van der Waals surface area contributed by atoms with E-state index in [4.69, 9.17) is 23.2 Å². The lowest BCUT2D eigenvalue weighted by molar-refractivity contribution is -0.133. The predicted octanol–water partition coefficient (Wildman–Crippen LogP) is 3.53. The van der Waals surface area contributed by atoms with Gasteiger partial charge in [-0.15, -0.1) is 0 Å². The maximum Gasteiger partial charge on any atom is 0.292 e. The highest BCUT2D eigenvalue weighted by atomic mass is 79.9. The molecule has 5 nitrogen and oxygen atoms in total. The summed E-state index contributed by atoms with van der Waals surface area (Å²) in [6.45, 7) is 1.64. The Hall–Kier alpha value is -1.37. The van der Waals surface area contributed by atoms with E-state index in [1.807, 2.05) is 6.07 Å². The molecule has 0 saturated heterocycles. The molecule has 0 aliphatic carbocycles. The molecule has 0 aliphatic rings. The van der Waals surface area contributed by atoms with Crippen molar-refractivity contribution in [3.63, 3.8) is 0 Å². The molecule has 2 aromatic rings. The Balaban J connectivity index is 2.16. The van der Waals surface area contributed by atoms with E-state index in [0.717, 1.165) is 5.56 Å². The number of amides is 1. The van der Waals surface area contributed by atoms with Gasteiger partial charge in [-0.25, -0.2) is 0 Å². The third-order valence-electron chi connectivity index (χ3n) is 2.60. The van der Waals surface area contributed by atoms with Gasteiger partial charge in [-0.2, -0.15) is 5.10 Å². The predicted molar refractivity (Wildman–Crippen MR) is 84.8 cm³/mol. The fourth-order valence-corrected chi connectivity index (χ4v) is 2.32. The normalized spacial score (nSPS) is 10.5. The number of carbonyl (C=O) groups excluding carboxylic acids is 2. The van der Waals surface area contributed by atoms with Crippen molar-refractivity contribution < 1.29 is 9.59 Å². The minimum absolute atomic E-state index is 0.287. The third-order valence-corrected chi connectivity index (χ3v) is 3.92. The summed E-state index contributed by atoms with van der Waals surface area (Å²) in [5.41, 5.74) is 0.906. The van der Waals surface area contributed by atoms with Crippen LogP contribution in [0.2, 0.25) is 10.0 Å². The molecule has 21 heavy (non-hydrogen) atoms. The van der Waals surface area contributed by atoms with E-state index in [-0.39, 0.29) is 5.82 Å². The van der Waals surface area contributed by atoms with Crippen LogP contribution in [0.4, 0.5) is 5.82 Å². The molecule has 1 aromatic heterocycles. The first kappa shape index (κ1) is 16.0. The first-order chi connectivity index (χ1) is 9.86. The van der Waals surface area contributed by atoms with Crippen molar-refractivity contribution in [3.05, 3.63) is 44.5 Å². The third kappa shape index (κ3) is 4.06. The maximum atomic E-state index is 11.4. The van der Waals surface area contributed by atoms with Crippen molar-refractivity contribution in [2.24, 2.45) is 0 Å². The average molecular weight is 391 g/mol. The molecule has 1 amide bonds. The largest absolute Gasteiger partial charge is 0.302 e. The molecule has 0 bridgehead atoms. The van der Waals surface area contributed by atoms with Crippen molar-refractivity contribution in [1.82, 2.24) is 9.78 Å². The van der Waals surface area contributed by atoms with Crippen LogP contribution in [0.5, 0.6) is 0 Å². The molecule has 0 spiro atoms. The highest BCUT2D eigenvalue weighted by Gasteiger charge is 2.13. The molecule has 0 fully saturated rings. The quantitative estimate of drug-likeness (QED) is 0.812. The average Bonchev–Trinajstić information content (AvgIpc) is 2.74. The highest BCUT2D eigenvalue weighted by Crippen LogP contribution is 2.24. The summed E-state index contributed by atoms with van der Waals surface area (Å²) in [6, 6.07) is 5.28. The van der Waals surface area contributed by atoms with Gasteiger partial charge in [0.15, 0.2) is 5.82 Å². The fraction of sp³-hybridized carbons (Fsp3) is 0.154. The Morgan fingerprint density at radius 2 is 2.05 bits per heavy atom. The second-order valence-corrected chi connectivity index (χ2v) is 5.95. The van der Waals surface area contributed by atoms with E-state index in [1.165, 1.54) is 6.92 Å². The van der Waals surface area contributed by atoms with Gasteiger partial charge in [-0.3, -0.25) is 14.3 Å². The van der Waals surface area contributed by atoms with Crippen molar-refractivity contribution in [2.75, 3.05) is 5.32 Å². The lowest BCUT2D eigenvalue weighted by Crippen LogP contribution is -2.20. The molecule has 0 atom stereocenters. The zero-order valence-corrected chi connectivity index (χ0v) is 14.0. The van der Waals surface area contributed by atoms with E-state index < -0.39 is 11.7 Å². The number of benzene rings is 1. The van der Waals surface area contributed by atoms with Crippen LogP contribution >= 0.6 is 39.1 Å². The van der Waals surface area contributed by atoms with Gasteiger partial charge >= 0.3 is 0 Å². The molecule has 0 saturated carbocycles. The lowest BCUT2D eigenvalue weighted by atomic mass is 10.2. The van der Waals surface area contributed by atoms with Crippen LogP contribution in [0.3, 0.4) is 0 Å². The van der Waals surface area contributed by atoms with Crippen molar-refractivity contribution in [1.29, 1.82) is 0 Å². The number of carbonyl (C=O) groups is 2. The van der Waals surface area contributed by atoms with Crippen LogP contribution in [0.25, 0.3) is 0 Å². The van der Waals surface area contributed by atoms with Crippen LogP contribution in [-0.2, 0) is 16.1 Å². The summed E-state index contributed by atoms with van der Waals surface area (Å²) >= 11 is 15.1. The summed E-state index contributed by atoms with van der Waals surface area (Å²) in [4.78, 5) is 22.3. The molecule has 0 radical (unpaired) electrons. The van der Waals surface area contributed by atoms with E-state index in [2.05, 4.69) is 26.3 Å². The monoisotopic (exact) mass is 389 g/mol. The zero-order chi connectivity index (χ0) is 15.6. The number of aromatic nitrogens is 2. The van der Waals surface area contributed by atoms with Gasteiger partial charge in [-0.05, 0) is 33.6 Å². The number of anilines is 1. The van der Waals surface area contributed by atoms with Crippen molar-refractivity contribution in [2.45, 2.75) is 13.5 Å². The van der Waals surface area contributed by atoms with Gasteiger partial charge < -0.3 is 5.32 Å². The van der Waals surface area contributed by atoms with Crippen LogP contribution < -0.4 is 5.32 Å². The minimum atomic E-state index is -0.713. The first-order valence-electron chi connectivity index (χ1n) is 5.85. The molecule has 110 valence electrons. The smallest absolute Gasteiger partial charge is 0.292 e. The molecule has 8 heteroatoms. The molecule has 0 aliphatic heterocycles. The summed E-state index contributed by atoms with van der Waals surface area (Å²) in [5, 5.41) is 7.56. The van der Waals surface area contributed by atoms with Gasteiger partial charge in [0, 0.05) is 13.1 Å². The number of Topliss-reactive ketones (excluding diaryl/α,β-unsaturated/α-hetero) is 1.